The molecule has 0 spiro atoms. The van der Waals surface area contributed by atoms with Gasteiger partial charge < -0.3 is 5.32 Å². The number of benzene rings is 2. The quantitative estimate of drug-likeness (QED) is 0.783. The summed E-state index contributed by atoms with van der Waals surface area (Å²) in [7, 11) is 0. The Hall–Kier alpha value is -2.73. The maximum atomic E-state index is 14.3. The predicted octanol–water partition coefficient (Wildman–Crippen LogP) is 2.86. The van der Waals surface area contributed by atoms with E-state index >= 15 is 0 Å². The fourth-order valence-electron chi connectivity index (χ4n) is 4.43. The number of imide groups is 1. The maximum absolute atomic E-state index is 14.3. The van der Waals surface area contributed by atoms with Gasteiger partial charge in [-0.05, 0) is 49.0 Å². The van der Waals surface area contributed by atoms with Crippen molar-refractivity contribution >= 4 is 11.9 Å². The molecule has 1 unspecified atom stereocenters. The van der Waals surface area contributed by atoms with Crippen LogP contribution in [0.4, 0.5) is 9.18 Å². The summed E-state index contributed by atoms with van der Waals surface area (Å²) in [4.78, 5) is 27.1. The lowest BCUT2D eigenvalue weighted by atomic mass is 9.74. The minimum absolute atomic E-state index is 0.0365. The molecule has 6 heteroatoms. The number of amides is 3. The van der Waals surface area contributed by atoms with Gasteiger partial charge in [-0.3, -0.25) is 15.0 Å². The lowest BCUT2D eigenvalue weighted by Gasteiger charge is -2.40. The van der Waals surface area contributed by atoms with Crippen LogP contribution in [0.5, 0.6) is 0 Å². The van der Waals surface area contributed by atoms with E-state index in [1.807, 2.05) is 18.2 Å². The van der Waals surface area contributed by atoms with E-state index in [4.69, 9.17) is 0 Å². The van der Waals surface area contributed by atoms with Crippen molar-refractivity contribution in [3.8, 4) is 0 Å². The van der Waals surface area contributed by atoms with Gasteiger partial charge in [0.1, 0.15) is 11.4 Å². The summed E-state index contributed by atoms with van der Waals surface area (Å²) in [6.07, 6.45) is 1.71. The van der Waals surface area contributed by atoms with Gasteiger partial charge in [-0.25, -0.2) is 9.18 Å². The first kappa shape index (κ1) is 18.6. The number of carbonyl (C=O) groups is 2. The summed E-state index contributed by atoms with van der Waals surface area (Å²) in [5.74, 6) is -0.731. The zero-order chi connectivity index (χ0) is 19.6. The molecule has 3 amide bonds. The summed E-state index contributed by atoms with van der Waals surface area (Å²) >= 11 is 0. The second-order valence-corrected chi connectivity index (χ2v) is 7.68. The van der Waals surface area contributed by atoms with Crippen molar-refractivity contribution in [2.75, 3.05) is 13.1 Å². The lowest BCUT2D eigenvalue weighted by Crippen LogP contribution is -2.57. The Labute approximate surface area is 163 Å². The van der Waals surface area contributed by atoms with Crippen molar-refractivity contribution in [2.24, 2.45) is 5.92 Å². The zero-order valence-corrected chi connectivity index (χ0v) is 15.7. The second kappa shape index (κ2) is 7.72. The molecule has 146 valence electrons. The van der Waals surface area contributed by atoms with Crippen LogP contribution in [-0.2, 0) is 17.8 Å². The van der Waals surface area contributed by atoms with Gasteiger partial charge in [-0.1, -0.05) is 48.5 Å². The van der Waals surface area contributed by atoms with Gasteiger partial charge in [0.25, 0.3) is 5.91 Å². The van der Waals surface area contributed by atoms with Gasteiger partial charge in [-0.15, -0.1) is 0 Å². The molecule has 2 aromatic rings. The lowest BCUT2D eigenvalue weighted by molar-refractivity contribution is -0.126. The number of carbonyl (C=O) groups excluding carboxylic acids is 2. The largest absolute Gasteiger partial charge is 0.323 e. The standard InChI is InChI=1S/C22H24FN3O2/c23-19-9-5-4-8-17(19)14-22(20(27)24-21(28)25-22)18-10-12-26(13-11-18)15-16-6-2-1-3-7-16/h1-9,18H,10-15H2,(H2,24,25,27,28). The molecule has 2 aliphatic rings. The van der Waals surface area contributed by atoms with Crippen molar-refractivity contribution in [1.29, 1.82) is 0 Å². The average molecular weight is 381 g/mol. The number of likely N-dealkylation sites (tertiary alicyclic amines) is 1. The molecule has 2 fully saturated rings. The number of halogens is 1. The molecule has 0 bridgehead atoms. The molecular weight excluding hydrogens is 357 g/mol. The van der Waals surface area contributed by atoms with E-state index in [2.05, 4.69) is 27.7 Å². The molecule has 0 radical (unpaired) electrons. The zero-order valence-electron chi connectivity index (χ0n) is 15.7. The van der Waals surface area contributed by atoms with Crippen LogP contribution < -0.4 is 10.6 Å². The van der Waals surface area contributed by atoms with E-state index < -0.39 is 11.6 Å². The van der Waals surface area contributed by atoms with Crippen molar-refractivity contribution in [3.63, 3.8) is 0 Å². The highest BCUT2D eigenvalue weighted by Crippen LogP contribution is 2.34. The minimum Gasteiger partial charge on any atom is -0.323 e. The van der Waals surface area contributed by atoms with E-state index in [0.717, 1.165) is 32.5 Å². The number of hydrogen-bond acceptors (Lipinski definition) is 3. The predicted molar refractivity (Wildman–Crippen MR) is 104 cm³/mol. The van der Waals surface area contributed by atoms with Gasteiger partial charge in [-0.2, -0.15) is 0 Å². The molecule has 2 aliphatic heterocycles. The maximum Gasteiger partial charge on any atom is 0.322 e. The van der Waals surface area contributed by atoms with Gasteiger partial charge in [0, 0.05) is 13.0 Å². The molecule has 2 aromatic carbocycles. The Morgan fingerprint density at radius 3 is 2.32 bits per heavy atom. The second-order valence-electron chi connectivity index (χ2n) is 7.68. The van der Waals surface area contributed by atoms with Crippen LogP contribution in [0.1, 0.15) is 24.0 Å². The summed E-state index contributed by atoms with van der Waals surface area (Å²) in [6, 6.07) is 16.2. The third kappa shape index (κ3) is 3.64. The van der Waals surface area contributed by atoms with Crippen LogP contribution in [0.3, 0.4) is 0 Å². The number of nitrogens with zero attached hydrogens (tertiary/aromatic N) is 1. The van der Waals surface area contributed by atoms with Gasteiger partial charge in [0.2, 0.25) is 0 Å². The highest BCUT2D eigenvalue weighted by atomic mass is 19.1. The molecule has 28 heavy (non-hydrogen) atoms. The number of urea groups is 1. The number of nitrogens with one attached hydrogen (secondary N) is 2. The molecule has 0 saturated carbocycles. The Bertz CT molecular complexity index is 865. The van der Waals surface area contributed by atoms with Crippen molar-refractivity contribution in [3.05, 3.63) is 71.5 Å². The molecule has 5 nitrogen and oxygen atoms in total. The fraction of sp³-hybridized carbons (Fsp3) is 0.364. The average Bonchev–Trinajstić information content (AvgIpc) is 2.99. The summed E-state index contributed by atoms with van der Waals surface area (Å²) in [5.41, 5.74) is 0.624. The molecular formula is C22H24FN3O2. The Morgan fingerprint density at radius 2 is 1.68 bits per heavy atom. The fourth-order valence-corrected chi connectivity index (χ4v) is 4.43. The Kier molecular flexibility index (Phi) is 5.13. The normalized spacial score (nSPS) is 23.5. The molecule has 0 aromatic heterocycles. The SMILES string of the molecule is O=C1NC(=O)C(Cc2ccccc2F)(C2CCN(Cc3ccccc3)CC2)N1. The van der Waals surface area contributed by atoms with Gasteiger partial charge >= 0.3 is 6.03 Å². The van der Waals surface area contributed by atoms with Crippen molar-refractivity contribution in [1.82, 2.24) is 15.5 Å². The van der Waals surface area contributed by atoms with Crippen LogP contribution >= 0.6 is 0 Å². The van der Waals surface area contributed by atoms with Crippen LogP contribution in [-0.4, -0.2) is 35.5 Å². The number of rotatable bonds is 5. The van der Waals surface area contributed by atoms with Crippen molar-refractivity contribution in [2.45, 2.75) is 31.3 Å². The number of hydrogen-bond donors (Lipinski definition) is 2. The Morgan fingerprint density at radius 1 is 1.00 bits per heavy atom. The van der Waals surface area contributed by atoms with E-state index in [9.17, 15) is 14.0 Å². The minimum atomic E-state index is -1.09. The smallest absolute Gasteiger partial charge is 0.322 e. The van der Waals surface area contributed by atoms with E-state index in [1.54, 1.807) is 18.2 Å². The third-order valence-electron chi connectivity index (χ3n) is 5.93. The third-order valence-corrected chi connectivity index (χ3v) is 5.93. The number of piperidine rings is 1. The first-order valence-electron chi connectivity index (χ1n) is 9.70. The molecule has 0 aliphatic carbocycles. The van der Waals surface area contributed by atoms with E-state index in [0.29, 0.717) is 5.56 Å². The summed E-state index contributed by atoms with van der Waals surface area (Å²) in [5, 5.41) is 5.21. The van der Waals surface area contributed by atoms with Crippen molar-refractivity contribution < 1.29 is 14.0 Å². The van der Waals surface area contributed by atoms with Crippen LogP contribution in [0, 0.1) is 11.7 Å². The van der Waals surface area contributed by atoms with Gasteiger partial charge in [0.15, 0.2) is 0 Å². The van der Waals surface area contributed by atoms with E-state index in [-0.39, 0.29) is 24.1 Å². The highest BCUT2D eigenvalue weighted by molar-refractivity contribution is 6.07. The highest BCUT2D eigenvalue weighted by Gasteiger charge is 2.52. The first-order chi connectivity index (χ1) is 13.6. The molecule has 2 heterocycles. The molecule has 2 N–H and O–H groups in total. The Balaban J connectivity index is 1.50. The van der Waals surface area contributed by atoms with E-state index in [1.165, 1.54) is 11.6 Å². The van der Waals surface area contributed by atoms with Gasteiger partial charge in [0.05, 0.1) is 0 Å². The molecule has 4 rings (SSSR count). The van der Waals surface area contributed by atoms with Crippen LogP contribution in [0.15, 0.2) is 54.6 Å². The monoisotopic (exact) mass is 381 g/mol. The topological polar surface area (TPSA) is 61.4 Å². The van der Waals surface area contributed by atoms with Crippen LogP contribution in [0.25, 0.3) is 0 Å². The summed E-state index contributed by atoms with van der Waals surface area (Å²) in [6.45, 7) is 2.54. The molecule has 1 atom stereocenters. The summed E-state index contributed by atoms with van der Waals surface area (Å²) < 4.78 is 14.3. The molecule has 2 saturated heterocycles. The van der Waals surface area contributed by atoms with Crippen LogP contribution in [0.2, 0.25) is 0 Å². The first-order valence-corrected chi connectivity index (χ1v) is 9.70.